The molecule has 2 atom stereocenters. The molecule has 7 heteroatoms. The fourth-order valence-corrected chi connectivity index (χ4v) is 2.89. The van der Waals surface area contributed by atoms with E-state index in [1.54, 1.807) is 6.92 Å². The maximum absolute atomic E-state index is 13.2. The number of carbonyl (C=O) groups is 2. The summed E-state index contributed by atoms with van der Waals surface area (Å²) in [7, 11) is 0. The van der Waals surface area contributed by atoms with Crippen molar-refractivity contribution in [2.24, 2.45) is 0 Å². The third-order valence-electron chi connectivity index (χ3n) is 3.19. The Morgan fingerprint density at radius 1 is 1.60 bits per heavy atom. The molecule has 0 spiro atoms. The van der Waals surface area contributed by atoms with Crippen molar-refractivity contribution < 1.29 is 23.8 Å². The van der Waals surface area contributed by atoms with Gasteiger partial charge < -0.3 is 14.7 Å². The summed E-state index contributed by atoms with van der Waals surface area (Å²) in [6, 6.07) is 3.14. The molecule has 2 unspecified atom stereocenters. The van der Waals surface area contributed by atoms with Gasteiger partial charge in [-0.25, -0.2) is 9.18 Å². The number of halogens is 2. The number of ether oxygens (including phenoxy) is 1. The first-order chi connectivity index (χ1) is 9.45. The summed E-state index contributed by atoms with van der Waals surface area (Å²) < 4.78 is 18.7. The van der Waals surface area contributed by atoms with Crippen LogP contribution in [-0.2, 0) is 14.3 Å². The van der Waals surface area contributed by atoms with Crippen LogP contribution in [0.4, 0.5) is 4.39 Å². The first-order valence-corrected chi connectivity index (χ1v) is 6.83. The van der Waals surface area contributed by atoms with Crippen LogP contribution < -0.4 is 0 Å². The number of carboxylic acids is 1. The molecule has 1 aromatic rings. The molecule has 5 nitrogen and oxygen atoms in total. The number of rotatable bonds is 3. The zero-order valence-corrected chi connectivity index (χ0v) is 12.3. The zero-order chi connectivity index (χ0) is 14.9. The predicted molar refractivity (Wildman–Crippen MR) is 71.6 cm³/mol. The van der Waals surface area contributed by atoms with Crippen LogP contribution in [0.3, 0.4) is 0 Å². The fraction of sp³-hybridized carbons (Fsp3) is 0.385. The monoisotopic (exact) mass is 345 g/mol. The summed E-state index contributed by atoms with van der Waals surface area (Å²) in [5, 5.41) is 9.26. The average Bonchev–Trinajstić information content (AvgIpc) is 2.38. The van der Waals surface area contributed by atoms with Gasteiger partial charge in [0.1, 0.15) is 12.4 Å². The second kappa shape index (κ2) is 5.88. The Kier molecular flexibility index (Phi) is 4.39. The van der Waals surface area contributed by atoms with Crippen LogP contribution in [0, 0.1) is 5.82 Å². The average molecular weight is 346 g/mol. The van der Waals surface area contributed by atoms with Crippen LogP contribution in [0.15, 0.2) is 22.7 Å². The summed E-state index contributed by atoms with van der Waals surface area (Å²) >= 11 is 3.21. The predicted octanol–water partition coefficient (Wildman–Crippen LogP) is 1.96. The number of nitrogens with zero attached hydrogens (tertiary/aromatic N) is 1. The highest BCUT2D eigenvalue weighted by Crippen LogP contribution is 2.34. The lowest BCUT2D eigenvalue weighted by Crippen LogP contribution is -2.51. The van der Waals surface area contributed by atoms with Gasteiger partial charge in [0.15, 0.2) is 6.10 Å². The Hall–Kier alpha value is -1.47. The molecule has 108 valence electrons. The first-order valence-electron chi connectivity index (χ1n) is 6.04. The maximum atomic E-state index is 13.2. The maximum Gasteiger partial charge on any atom is 0.335 e. The molecule has 0 saturated carbocycles. The summed E-state index contributed by atoms with van der Waals surface area (Å²) in [6.07, 6.45) is -1.17. The standard InChI is InChI=1S/C13H13BrFNO4/c1-2-16-10(17)6-20-12(13(18)19)11(16)8-4-3-7(15)5-9(8)14/h3-5,11-12H,2,6H2,1H3,(H,18,19). The number of hydrogen-bond donors (Lipinski definition) is 1. The molecule has 0 bridgehead atoms. The van der Waals surface area contributed by atoms with E-state index in [0.717, 1.165) is 0 Å². The number of carboxylic acid groups (broad SMARTS) is 1. The molecule has 1 aromatic carbocycles. The molecular weight excluding hydrogens is 333 g/mol. The van der Waals surface area contributed by atoms with Crippen LogP contribution >= 0.6 is 15.9 Å². The molecule has 0 aromatic heterocycles. The molecule has 1 N–H and O–H groups in total. The number of benzene rings is 1. The van der Waals surface area contributed by atoms with E-state index >= 15 is 0 Å². The molecular formula is C13H13BrFNO4. The SMILES string of the molecule is CCN1C(=O)COC(C(=O)O)C1c1ccc(F)cc1Br. The minimum absolute atomic E-state index is 0.264. The number of carbonyl (C=O) groups excluding carboxylic acids is 1. The van der Waals surface area contributed by atoms with Crippen LogP contribution in [-0.4, -0.2) is 41.1 Å². The lowest BCUT2D eigenvalue weighted by molar-refractivity contribution is -0.172. The topological polar surface area (TPSA) is 66.8 Å². The van der Waals surface area contributed by atoms with E-state index in [1.807, 2.05) is 0 Å². The van der Waals surface area contributed by atoms with E-state index in [0.29, 0.717) is 16.6 Å². The van der Waals surface area contributed by atoms with Gasteiger partial charge in [-0.15, -0.1) is 0 Å². The molecule has 2 rings (SSSR count). The van der Waals surface area contributed by atoms with Crippen LogP contribution in [0.5, 0.6) is 0 Å². The molecule has 1 aliphatic rings. The number of amides is 1. The van der Waals surface area contributed by atoms with Crippen molar-refractivity contribution in [1.82, 2.24) is 4.90 Å². The second-order valence-corrected chi connectivity index (χ2v) is 5.21. The Labute approximate surface area is 123 Å². The van der Waals surface area contributed by atoms with Gasteiger partial charge in [-0.1, -0.05) is 22.0 Å². The Bertz CT molecular complexity index is 549. The lowest BCUT2D eigenvalue weighted by Gasteiger charge is -2.39. The van der Waals surface area contributed by atoms with Gasteiger partial charge in [-0.3, -0.25) is 4.79 Å². The van der Waals surface area contributed by atoms with Crippen molar-refractivity contribution in [2.75, 3.05) is 13.2 Å². The highest BCUT2D eigenvalue weighted by Gasteiger charge is 2.41. The smallest absolute Gasteiger partial charge is 0.335 e. The van der Waals surface area contributed by atoms with Crippen LogP contribution in [0.25, 0.3) is 0 Å². The normalized spacial score (nSPS) is 22.9. The van der Waals surface area contributed by atoms with Gasteiger partial charge in [0.05, 0.1) is 6.04 Å². The van der Waals surface area contributed by atoms with Gasteiger partial charge in [0.25, 0.3) is 0 Å². The largest absolute Gasteiger partial charge is 0.479 e. The Morgan fingerprint density at radius 3 is 2.85 bits per heavy atom. The number of morpholine rings is 1. The summed E-state index contributed by atoms with van der Waals surface area (Å²) in [6.45, 7) is 1.84. The third kappa shape index (κ3) is 2.69. The fourth-order valence-electron chi connectivity index (χ4n) is 2.31. The number of likely N-dealkylation sites (N-methyl/N-ethyl adjacent to an activating group) is 1. The second-order valence-electron chi connectivity index (χ2n) is 4.36. The number of aliphatic carboxylic acids is 1. The van der Waals surface area contributed by atoms with Crippen molar-refractivity contribution in [3.05, 3.63) is 34.1 Å². The van der Waals surface area contributed by atoms with Crippen LogP contribution in [0.1, 0.15) is 18.5 Å². The molecule has 1 amide bonds. The van der Waals surface area contributed by atoms with Gasteiger partial charge in [-0.2, -0.15) is 0 Å². The third-order valence-corrected chi connectivity index (χ3v) is 3.88. The Balaban J connectivity index is 2.49. The van der Waals surface area contributed by atoms with E-state index < -0.39 is 23.9 Å². The Morgan fingerprint density at radius 2 is 2.30 bits per heavy atom. The zero-order valence-electron chi connectivity index (χ0n) is 10.7. The summed E-state index contributed by atoms with van der Waals surface area (Å²) in [5.74, 6) is -1.89. The summed E-state index contributed by atoms with van der Waals surface area (Å²) in [5.41, 5.74) is 0.508. The highest BCUT2D eigenvalue weighted by molar-refractivity contribution is 9.10. The van der Waals surface area contributed by atoms with Crippen molar-refractivity contribution in [2.45, 2.75) is 19.1 Å². The summed E-state index contributed by atoms with van der Waals surface area (Å²) in [4.78, 5) is 24.6. The van der Waals surface area contributed by atoms with E-state index in [9.17, 15) is 19.1 Å². The van der Waals surface area contributed by atoms with Gasteiger partial charge in [0.2, 0.25) is 5.91 Å². The first kappa shape index (κ1) is 14.9. The van der Waals surface area contributed by atoms with Gasteiger partial charge in [-0.05, 0) is 24.6 Å². The van der Waals surface area contributed by atoms with E-state index in [-0.39, 0.29) is 12.5 Å². The molecule has 1 heterocycles. The highest BCUT2D eigenvalue weighted by atomic mass is 79.9. The van der Waals surface area contributed by atoms with Crippen molar-refractivity contribution in [3.8, 4) is 0 Å². The van der Waals surface area contributed by atoms with E-state index in [2.05, 4.69) is 15.9 Å². The molecule has 0 radical (unpaired) electrons. The minimum Gasteiger partial charge on any atom is -0.479 e. The minimum atomic E-state index is -1.17. The molecule has 1 aliphatic heterocycles. The van der Waals surface area contributed by atoms with Gasteiger partial charge >= 0.3 is 5.97 Å². The quantitative estimate of drug-likeness (QED) is 0.909. The van der Waals surface area contributed by atoms with Gasteiger partial charge in [0, 0.05) is 11.0 Å². The molecule has 20 heavy (non-hydrogen) atoms. The number of hydrogen-bond acceptors (Lipinski definition) is 3. The van der Waals surface area contributed by atoms with Crippen molar-refractivity contribution in [3.63, 3.8) is 0 Å². The van der Waals surface area contributed by atoms with Crippen molar-refractivity contribution in [1.29, 1.82) is 0 Å². The molecule has 1 fully saturated rings. The molecule has 0 aliphatic carbocycles. The molecule has 1 saturated heterocycles. The lowest BCUT2D eigenvalue weighted by atomic mass is 9.97. The van der Waals surface area contributed by atoms with E-state index in [1.165, 1.54) is 23.1 Å². The van der Waals surface area contributed by atoms with E-state index in [4.69, 9.17) is 4.74 Å². The van der Waals surface area contributed by atoms with Crippen molar-refractivity contribution >= 4 is 27.8 Å². The van der Waals surface area contributed by atoms with Crippen LogP contribution in [0.2, 0.25) is 0 Å².